The highest BCUT2D eigenvalue weighted by molar-refractivity contribution is 5.79. The van der Waals surface area contributed by atoms with Gasteiger partial charge in [-0.3, -0.25) is 0 Å². The molecule has 2 aliphatic carbocycles. The molecule has 0 unspecified atom stereocenters. The van der Waals surface area contributed by atoms with Crippen molar-refractivity contribution in [1.82, 2.24) is 0 Å². The molecule has 2 nitrogen and oxygen atoms in total. The minimum absolute atomic E-state index is 0.00167. The lowest BCUT2D eigenvalue weighted by molar-refractivity contribution is -0.316. The van der Waals surface area contributed by atoms with Crippen molar-refractivity contribution in [2.24, 2.45) is 16.7 Å². The number of aliphatic carboxylic acids is 1. The van der Waals surface area contributed by atoms with Crippen molar-refractivity contribution >= 4 is 5.97 Å². The van der Waals surface area contributed by atoms with Crippen LogP contribution in [0.4, 0.5) is 0 Å². The molecule has 0 saturated heterocycles. The van der Waals surface area contributed by atoms with Crippen LogP contribution in [0.25, 0.3) is 0 Å². The summed E-state index contributed by atoms with van der Waals surface area (Å²) in [6.07, 6.45) is 2.50. The van der Waals surface area contributed by atoms with Gasteiger partial charge in [0.2, 0.25) is 0 Å². The zero-order valence-electron chi connectivity index (χ0n) is 8.22. The molecule has 2 aliphatic rings. The number of fused-ring (bicyclic) bond motifs is 2. The molecular formula is C11H15O2-. The molecular weight excluding hydrogens is 164 g/mol. The van der Waals surface area contributed by atoms with Gasteiger partial charge >= 0.3 is 0 Å². The van der Waals surface area contributed by atoms with Gasteiger partial charge in [0.1, 0.15) is 0 Å². The van der Waals surface area contributed by atoms with Crippen LogP contribution < -0.4 is 5.11 Å². The van der Waals surface area contributed by atoms with E-state index in [0.29, 0.717) is 5.92 Å². The summed E-state index contributed by atoms with van der Waals surface area (Å²) >= 11 is 0. The Balaban J connectivity index is 2.46. The monoisotopic (exact) mass is 179 g/mol. The number of hydrogen-bond acceptors (Lipinski definition) is 2. The SMILES string of the molecule is C=C1C(C)(C)[C@@H]2CC[C@]1(C(=O)[O-])C2. The van der Waals surface area contributed by atoms with Gasteiger partial charge in [0.15, 0.2) is 0 Å². The van der Waals surface area contributed by atoms with Gasteiger partial charge in [0, 0.05) is 5.41 Å². The molecule has 2 rings (SSSR count). The van der Waals surface area contributed by atoms with Gasteiger partial charge in [-0.15, -0.1) is 0 Å². The molecule has 0 aromatic carbocycles. The molecule has 2 heteroatoms. The Morgan fingerprint density at radius 3 is 2.54 bits per heavy atom. The van der Waals surface area contributed by atoms with Crippen LogP contribution in [0.1, 0.15) is 33.1 Å². The van der Waals surface area contributed by atoms with E-state index >= 15 is 0 Å². The van der Waals surface area contributed by atoms with Crippen molar-refractivity contribution in [2.45, 2.75) is 33.1 Å². The van der Waals surface area contributed by atoms with Crippen LogP contribution in [0.15, 0.2) is 12.2 Å². The standard InChI is InChI=1S/C11H16O2/c1-7-10(2,3)8-4-5-11(7,6-8)9(12)13/h8H,1,4-6H2,2-3H3,(H,12,13)/p-1/t8-,11+/m1/s1. The van der Waals surface area contributed by atoms with Gasteiger partial charge in [-0.2, -0.15) is 0 Å². The minimum Gasteiger partial charge on any atom is -0.549 e. The largest absolute Gasteiger partial charge is 0.549 e. The first-order valence-corrected chi connectivity index (χ1v) is 4.82. The summed E-state index contributed by atoms with van der Waals surface area (Å²) in [5.41, 5.74) is 0.197. The number of carbonyl (C=O) groups is 1. The summed E-state index contributed by atoms with van der Waals surface area (Å²) < 4.78 is 0. The quantitative estimate of drug-likeness (QED) is 0.566. The molecule has 2 atom stereocenters. The van der Waals surface area contributed by atoms with Crippen molar-refractivity contribution in [1.29, 1.82) is 0 Å². The Morgan fingerprint density at radius 2 is 2.23 bits per heavy atom. The number of rotatable bonds is 1. The van der Waals surface area contributed by atoms with Gasteiger partial charge in [-0.05, 0) is 30.6 Å². The lowest BCUT2D eigenvalue weighted by atomic mass is 9.68. The highest BCUT2D eigenvalue weighted by Gasteiger charge is 2.57. The van der Waals surface area contributed by atoms with E-state index in [1.807, 2.05) is 0 Å². The summed E-state index contributed by atoms with van der Waals surface area (Å²) in [5.74, 6) is -0.413. The minimum atomic E-state index is -0.912. The number of carboxylic acids is 1. The molecule has 0 amide bonds. The second-order valence-electron chi connectivity index (χ2n) is 5.01. The Hall–Kier alpha value is -0.790. The second-order valence-corrected chi connectivity index (χ2v) is 5.01. The van der Waals surface area contributed by atoms with Crippen molar-refractivity contribution in [3.05, 3.63) is 12.2 Å². The van der Waals surface area contributed by atoms with E-state index < -0.39 is 11.4 Å². The molecule has 2 saturated carbocycles. The predicted molar refractivity (Wildman–Crippen MR) is 47.7 cm³/mol. The van der Waals surface area contributed by atoms with Gasteiger partial charge in [-0.25, -0.2) is 0 Å². The van der Waals surface area contributed by atoms with Gasteiger partial charge in [-0.1, -0.05) is 26.0 Å². The molecule has 0 aromatic heterocycles. The van der Waals surface area contributed by atoms with Crippen LogP contribution in [-0.2, 0) is 4.79 Å². The maximum atomic E-state index is 11.1. The molecule has 72 valence electrons. The van der Waals surface area contributed by atoms with Crippen LogP contribution in [-0.4, -0.2) is 5.97 Å². The fraction of sp³-hybridized carbons (Fsp3) is 0.727. The Labute approximate surface area is 78.6 Å². The zero-order chi connectivity index (χ0) is 9.85. The third-order valence-corrected chi connectivity index (χ3v) is 4.28. The summed E-state index contributed by atoms with van der Waals surface area (Å²) in [6, 6.07) is 0. The smallest absolute Gasteiger partial charge is 0.0517 e. The second kappa shape index (κ2) is 2.17. The summed E-state index contributed by atoms with van der Waals surface area (Å²) in [6.45, 7) is 8.16. The summed E-state index contributed by atoms with van der Waals surface area (Å²) in [7, 11) is 0. The van der Waals surface area contributed by atoms with E-state index in [-0.39, 0.29) is 5.41 Å². The van der Waals surface area contributed by atoms with Crippen molar-refractivity contribution in [3.8, 4) is 0 Å². The first-order chi connectivity index (χ1) is 5.91. The molecule has 0 aliphatic heterocycles. The van der Waals surface area contributed by atoms with Gasteiger partial charge in [0.25, 0.3) is 0 Å². The maximum absolute atomic E-state index is 11.1. The van der Waals surface area contributed by atoms with Crippen LogP contribution in [0.2, 0.25) is 0 Å². The molecule has 0 aromatic rings. The van der Waals surface area contributed by atoms with Gasteiger partial charge in [0.05, 0.1) is 5.97 Å². The third kappa shape index (κ3) is 0.812. The number of hydrogen-bond donors (Lipinski definition) is 0. The van der Waals surface area contributed by atoms with Crippen molar-refractivity contribution < 1.29 is 9.90 Å². The topological polar surface area (TPSA) is 40.1 Å². The highest BCUT2D eigenvalue weighted by Crippen LogP contribution is 2.65. The van der Waals surface area contributed by atoms with E-state index in [0.717, 1.165) is 24.8 Å². The third-order valence-electron chi connectivity index (χ3n) is 4.28. The number of carbonyl (C=O) groups excluding carboxylic acids is 1. The molecule has 2 bridgehead atoms. The Morgan fingerprint density at radius 1 is 1.62 bits per heavy atom. The van der Waals surface area contributed by atoms with Crippen LogP contribution >= 0.6 is 0 Å². The number of carboxylic acid groups (broad SMARTS) is 1. The highest BCUT2D eigenvalue weighted by atomic mass is 16.4. The molecule has 2 fully saturated rings. The lowest BCUT2D eigenvalue weighted by Crippen LogP contribution is -2.42. The molecule has 0 spiro atoms. The molecule has 13 heavy (non-hydrogen) atoms. The Bertz CT molecular complexity index is 290. The van der Waals surface area contributed by atoms with E-state index in [2.05, 4.69) is 20.4 Å². The average molecular weight is 179 g/mol. The van der Waals surface area contributed by atoms with E-state index in [4.69, 9.17) is 0 Å². The maximum Gasteiger partial charge on any atom is 0.0517 e. The van der Waals surface area contributed by atoms with Crippen LogP contribution in [0.3, 0.4) is 0 Å². The summed E-state index contributed by atoms with van der Waals surface area (Å²) in [5, 5.41) is 11.1. The predicted octanol–water partition coefficient (Wildman–Crippen LogP) is 1.12. The van der Waals surface area contributed by atoms with Crippen LogP contribution in [0, 0.1) is 16.7 Å². The van der Waals surface area contributed by atoms with E-state index in [1.54, 1.807) is 0 Å². The molecule has 0 N–H and O–H groups in total. The van der Waals surface area contributed by atoms with Crippen molar-refractivity contribution in [3.63, 3.8) is 0 Å². The Kier molecular flexibility index (Phi) is 1.47. The van der Waals surface area contributed by atoms with Gasteiger partial charge < -0.3 is 9.90 Å². The lowest BCUT2D eigenvalue weighted by Gasteiger charge is -2.38. The molecule has 0 heterocycles. The fourth-order valence-corrected chi connectivity index (χ4v) is 3.11. The van der Waals surface area contributed by atoms with Crippen LogP contribution in [0.5, 0.6) is 0 Å². The normalized spacial score (nSPS) is 41.1. The first kappa shape index (κ1) is 8.79. The van der Waals surface area contributed by atoms with E-state index in [1.165, 1.54) is 0 Å². The first-order valence-electron chi connectivity index (χ1n) is 4.82. The summed E-state index contributed by atoms with van der Waals surface area (Å²) in [4.78, 5) is 11.1. The van der Waals surface area contributed by atoms with E-state index in [9.17, 15) is 9.90 Å². The average Bonchev–Trinajstić information content (AvgIpc) is 2.53. The zero-order valence-corrected chi connectivity index (χ0v) is 8.22. The molecule has 0 radical (unpaired) electrons. The fourth-order valence-electron chi connectivity index (χ4n) is 3.11. The van der Waals surface area contributed by atoms with Crippen molar-refractivity contribution in [2.75, 3.05) is 0 Å².